The summed E-state index contributed by atoms with van der Waals surface area (Å²) in [6.07, 6.45) is 3.66. The topological polar surface area (TPSA) is 103 Å². The highest BCUT2D eigenvalue weighted by Crippen LogP contribution is 2.63. The predicted molar refractivity (Wildman–Crippen MR) is 116 cm³/mol. The third kappa shape index (κ3) is 2.23. The predicted octanol–water partition coefficient (Wildman–Crippen LogP) is 1.58. The molecule has 2 bridgehead atoms. The summed E-state index contributed by atoms with van der Waals surface area (Å²) < 4.78 is 14.0. The molecule has 0 saturated carbocycles. The second-order valence-corrected chi connectivity index (χ2v) is 9.22. The van der Waals surface area contributed by atoms with Crippen LogP contribution in [0.2, 0.25) is 0 Å². The summed E-state index contributed by atoms with van der Waals surface area (Å²) in [7, 11) is 2.03. The Labute approximate surface area is 189 Å². The molecular formula is C24H21N5O4. The second kappa shape index (κ2) is 6.27. The Bertz CT molecular complexity index is 1340. The smallest absolute Gasteiger partial charge is 0.346 e. The van der Waals surface area contributed by atoms with Gasteiger partial charge < -0.3 is 14.6 Å². The van der Waals surface area contributed by atoms with Gasteiger partial charge in [0.05, 0.1) is 11.1 Å². The van der Waals surface area contributed by atoms with Crippen molar-refractivity contribution in [3.05, 3.63) is 65.7 Å². The standard InChI is InChI=1S/C24H21N5O4/c1-28-12-11-23-19-14-7-8-17(32-22-25-26-27-29(22)15-5-3-2-4-6-15)20(19)33-21(23)16(30)9-10-24(23,31)18(28)13-14/h2-10,18,21,31H,11-13H2,1H3/t18-,21+,23+,24-/m1/s1. The molecule has 2 aliphatic heterocycles. The maximum Gasteiger partial charge on any atom is 0.346 e. The molecule has 4 aliphatic rings. The molecule has 1 fully saturated rings. The Kier molecular flexibility index (Phi) is 3.60. The van der Waals surface area contributed by atoms with Crippen LogP contribution in [0.5, 0.6) is 17.5 Å². The number of likely N-dealkylation sites (tertiary alicyclic amines) is 1. The third-order valence-electron chi connectivity index (χ3n) is 7.77. The Morgan fingerprint density at radius 2 is 2.06 bits per heavy atom. The third-order valence-corrected chi connectivity index (χ3v) is 7.77. The molecule has 0 unspecified atom stereocenters. The minimum Gasteiger partial charge on any atom is -0.477 e. The van der Waals surface area contributed by atoms with Gasteiger partial charge in [0, 0.05) is 11.6 Å². The molecule has 1 N–H and O–H groups in total. The van der Waals surface area contributed by atoms with Gasteiger partial charge in [0.15, 0.2) is 23.4 Å². The lowest BCUT2D eigenvalue weighted by molar-refractivity contribution is -0.151. The number of ether oxygens (including phenoxy) is 2. The van der Waals surface area contributed by atoms with Crippen LogP contribution in [0.4, 0.5) is 0 Å². The van der Waals surface area contributed by atoms with Crippen LogP contribution in [-0.2, 0) is 16.6 Å². The molecule has 33 heavy (non-hydrogen) atoms. The minimum atomic E-state index is -1.19. The first-order chi connectivity index (χ1) is 16.0. The number of piperidine rings is 1. The summed E-state index contributed by atoms with van der Waals surface area (Å²) in [5.41, 5.74) is 0.692. The molecule has 1 saturated heterocycles. The number of carbonyl (C=O) groups is 1. The highest BCUT2D eigenvalue weighted by atomic mass is 16.5. The minimum absolute atomic E-state index is 0.128. The van der Waals surface area contributed by atoms with E-state index >= 15 is 0 Å². The number of para-hydroxylation sites is 1. The molecule has 1 aromatic heterocycles. The Morgan fingerprint density at radius 3 is 2.91 bits per heavy atom. The second-order valence-electron chi connectivity index (χ2n) is 9.22. The first kappa shape index (κ1) is 19.0. The molecule has 4 atom stereocenters. The highest BCUT2D eigenvalue weighted by molar-refractivity contribution is 5.99. The van der Waals surface area contributed by atoms with Crippen LogP contribution in [0, 0.1) is 0 Å². The van der Waals surface area contributed by atoms with Crippen molar-refractivity contribution >= 4 is 5.78 Å². The van der Waals surface area contributed by atoms with Gasteiger partial charge in [0.1, 0.15) is 5.60 Å². The van der Waals surface area contributed by atoms with Crippen LogP contribution < -0.4 is 9.47 Å². The molecule has 9 nitrogen and oxygen atoms in total. The van der Waals surface area contributed by atoms with E-state index in [0.717, 1.165) is 23.4 Å². The zero-order valence-corrected chi connectivity index (χ0v) is 17.9. The zero-order chi connectivity index (χ0) is 22.4. The summed E-state index contributed by atoms with van der Waals surface area (Å²) >= 11 is 0. The largest absolute Gasteiger partial charge is 0.477 e. The maximum absolute atomic E-state index is 13.0. The zero-order valence-electron chi connectivity index (χ0n) is 17.9. The average molecular weight is 443 g/mol. The van der Waals surface area contributed by atoms with Crippen molar-refractivity contribution < 1.29 is 19.4 Å². The fourth-order valence-electron chi connectivity index (χ4n) is 6.27. The number of hydrogen-bond donors (Lipinski definition) is 1. The summed E-state index contributed by atoms with van der Waals surface area (Å²) in [6, 6.07) is 13.3. The van der Waals surface area contributed by atoms with Crippen LogP contribution >= 0.6 is 0 Å². The van der Waals surface area contributed by atoms with Gasteiger partial charge in [-0.05, 0) is 72.8 Å². The maximum atomic E-state index is 13.0. The molecule has 3 heterocycles. The van der Waals surface area contributed by atoms with Gasteiger partial charge in [-0.2, -0.15) is 4.68 Å². The van der Waals surface area contributed by atoms with E-state index in [-0.39, 0.29) is 17.8 Å². The molecule has 7 rings (SSSR count). The van der Waals surface area contributed by atoms with Gasteiger partial charge in [0.2, 0.25) is 0 Å². The fourth-order valence-corrected chi connectivity index (χ4v) is 6.27. The van der Waals surface area contributed by atoms with Gasteiger partial charge in [-0.15, -0.1) is 0 Å². The number of likely N-dealkylation sites (N-methyl/N-ethyl adjacent to an activating group) is 1. The lowest BCUT2D eigenvalue weighted by Gasteiger charge is -2.60. The van der Waals surface area contributed by atoms with Crippen molar-refractivity contribution in [2.45, 2.75) is 36.0 Å². The Morgan fingerprint density at radius 1 is 1.21 bits per heavy atom. The van der Waals surface area contributed by atoms with E-state index in [0.29, 0.717) is 24.3 Å². The lowest BCUT2D eigenvalue weighted by Crippen LogP contribution is -2.74. The summed E-state index contributed by atoms with van der Waals surface area (Å²) in [5, 5.41) is 23.9. The molecule has 9 heteroatoms. The number of benzene rings is 2. The summed E-state index contributed by atoms with van der Waals surface area (Å²) in [5.74, 6) is 0.794. The van der Waals surface area contributed by atoms with Crippen molar-refractivity contribution in [3.63, 3.8) is 0 Å². The van der Waals surface area contributed by atoms with Gasteiger partial charge >= 0.3 is 6.01 Å². The molecule has 2 aromatic carbocycles. The number of rotatable bonds is 3. The fraction of sp³-hybridized carbons (Fsp3) is 0.333. The van der Waals surface area contributed by atoms with Crippen LogP contribution in [0.25, 0.3) is 5.69 Å². The van der Waals surface area contributed by atoms with E-state index in [1.807, 2.05) is 49.5 Å². The molecular weight excluding hydrogens is 422 g/mol. The monoisotopic (exact) mass is 443 g/mol. The molecule has 0 radical (unpaired) electrons. The van der Waals surface area contributed by atoms with Gasteiger partial charge in [-0.3, -0.25) is 9.69 Å². The first-order valence-corrected chi connectivity index (χ1v) is 11.0. The van der Waals surface area contributed by atoms with E-state index in [4.69, 9.17) is 9.47 Å². The van der Waals surface area contributed by atoms with Crippen molar-refractivity contribution in [2.24, 2.45) is 0 Å². The van der Waals surface area contributed by atoms with Gasteiger partial charge in [-0.1, -0.05) is 29.4 Å². The van der Waals surface area contributed by atoms with Crippen molar-refractivity contribution in [1.82, 2.24) is 25.1 Å². The van der Waals surface area contributed by atoms with Gasteiger partial charge in [0.25, 0.3) is 0 Å². The molecule has 3 aromatic rings. The number of aliphatic hydroxyl groups is 1. The van der Waals surface area contributed by atoms with E-state index in [9.17, 15) is 9.90 Å². The van der Waals surface area contributed by atoms with E-state index in [2.05, 4.69) is 20.4 Å². The number of aromatic nitrogens is 4. The normalized spacial score (nSPS) is 31.3. The van der Waals surface area contributed by atoms with E-state index < -0.39 is 17.1 Å². The Balaban J connectivity index is 1.39. The van der Waals surface area contributed by atoms with Crippen molar-refractivity contribution in [3.8, 4) is 23.2 Å². The molecule has 1 spiro atoms. The lowest BCUT2D eigenvalue weighted by atomic mass is 9.51. The number of ketones is 1. The van der Waals surface area contributed by atoms with Crippen molar-refractivity contribution in [1.29, 1.82) is 0 Å². The van der Waals surface area contributed by atoms with Crippen LogP contribution in [0.3, 0.4) is 0 Å². The van der Waals surface area contributed by atoms with Crippen molar-refractivity contribution in [2.75, 3.05) is 13.6 Å². The van der Waals surface area contributed by atoms with E-state index in [1.165, 1.54) is 10.8 Å². The van der Waals surface area contributed by atoms with E-state index in [1.54, 1.807) is 6.08 Å². The Hall–Kier alpha value is -3.56. The number of hydrogen-bond acceptors (Lipinski definition) is 8. The van der Waals surface area contributed by atoms with Gasteiger partial charge in [-0.25, -0.2) is 0 Å². The SMILES string of the molecule is CN1CC[C@]23c4c5ccc(Oc6nnnn6-c6ccccc6)c4O[C@H]2C(=O)C=C[C@@]3(O)[C@H]1C5. The van der Waals surface area contributed by atoms with Crippen LogP contribution in [-0.4, -0.2) is 67.3 Å². The molecule has 2 aliphatic carbocycles. The molecule has 0 amide bonds. The molecule has 166 valence electrons. The van der Waals surface area contributed by atoms with Crippen LogP contribution in [0.1, 0.15) is 17.5 Å². The van der Waals surface area contributed by atoms with Crippen LogP contribution in [0.15, 0.2) is 54.6 Å². The quantitative estimate of drug-likeness (QED) is 0.651. The highest BCUT2D eigenvalue weighted by Gasteiger charge is 2.71. The summed E-state index contributed by atoms with van der Waals surface area (Å²) in [4.78, 5) is 15.2. The number of carbonyl (C=O) groups excluding carboxylic acids is 1. The average Bonchev–Trinajstić information content (AvgIpc) is 3.43. The number of tetrazole rings is 1. The first-order valence-electron chi connectivity index (χ1n) is 11.0. The number of nitrogens with zero attached hydrogens (tertiary/aromatic N) is 5. The summed E-state index contributed by atoms with van der Waals surface area (Å²) in [6.45, 7) is 0.768.